The zero-order valence-electron chi connectivity index (χ0n) is 11.8. The van der Waals surface area contributed by atoms with E-state index >= 15 is 0 Å². The summed E-state index contributed by atoms with van der Waals surface area (Å²) in [5, 5.41) is 33.4. The van der Waals surface area contributed by atoms with Gasteiger partial charge in [0.05, 0.1) is 12.4 Å². The van der Waals surface area contributed by atoms with Crippen molar-refractivity contribution < 1.29 is 20.1 Å². The highest BCUT2D eigenvalue weighted by molar-refractivity contribution is 6.01. The van der Waals surface area contributed by atoms with Gasteiger partial charge >= 0.3 is 0 Å². The third-order valence-electron chi connectivity index (χ3n) is 3.96. The number of nitrogens with zero attached hydrogens (tertiary/aromatic N) is 3. The van der Waals surface area contributed by atoms with E-state index in [-0.39, 0.29) is 0 Å². The van der Waals surface area contributed by atoms with E-state index in [9.17, 15) is 15.3 Å². The Bertz CT molecular complexity index is 582. The lowest BCUT2D eigenvalue weighted by Gasteiger charge is -2.29. The minimum atomic E-state index is -1.58. The second-order valence-electron chi connectivity index (χ2n) is 5.59. The number of amidine groups is 1. The molecule has 1 fully saturated rings. The Kier molecular flexibility index (Phi) is 3.17. The van der Waals surface area contributed by atoms with Gasteiger partial charge in [0.1, 0.15) is 41.8 Å². The third-order valence-corrected chi connectivity index (χ3v) is 3.96. The van der Waals surface area contributed by atoms with Gasteiger partial charge in [-0.05, 0) is 13.8 Å². The van der Waals surface area contributed by atoms with Gasteiger partial charge in [-0.2, -0.15) is 0 Å². The molecule has 2 aliphatic rings. The molecule has 0 bridgehead atoms. The van der Waals surface area contributed by atoms with Gasteiger partial charge in [0.2, 0.25) is 0 Å². The largest absolute Gasteiger partial charge is 0.391 e. The normalized spacial score (nSPS) is 36.8. The van der Waals surface area contributed by atoms with E-state index in [2.05, 4.69) is 15.3 Å². The number of fused-ring (bicyclic) bond motifs is 1. The minimum absolute atomic E-state index is 0.293. The van der Waals surface area contributed by atoms with E-state index in [0.717, 1.165) is 0 Å². The van der Waals surface area contributed by atoms with Gasteiger partial charge in [-0.25, -0.2) is 9.98 Å². The summed E-state index contributed by atoms with van der Waals surface area (Å²) in [7, 11) is 0. The number of anilines is 1. The van der Waals surface area contributed by atoms with E-state index in [4.69, 9.17) is 10.5 Å². The maximum Gasteiger partial charge on any atom is 0.168 e. The number of aliphatic hydroxyl groups is 3. The van der Waals surface area contributed by atoms with Crippen molar-refractivity contribution in [1.29, 1.82) is 0 Å². The number of hydrogen-bond acceptors (Lipinski definition) is 8. The molecule has 3 heterocycles. The smallest absolute Gasteiger partial charge is 0.168 e. The Morgan fingerprint density at radius 2 is 2.33 bits per heavy atom. The highest BCUT2D eigenvalue weighted by Crippen LogP contribution is 2.41. The molecule has 116 valence electrons. The fraction of sp³-hybridized carbons (Fsp3) is 0.667. The molecule has 9 nitrogen and oxygen atoms in total. The molecule has 3 rings (SSSR count). The SMILES string of the molecule is CC(O)C1OC(n2cnc3c2NCN=C3N)C(C)(O)C1O. The van der Waals surface area contributed by atoms with Gasteiger partial charge < -0.3 is 31.1 Å². The Morgan fingerprint density at radius 1 is 1.62 bits per heavy atom. The number of aliphatic hydroxyl groups excluding tert-OH is 2. The van der Waals surface area contributed by atoms with Crippen LogP contribution in [-0.4, -0.2) is 61.3 Å². The summed E-state index contributed by atoms with van der Waals surface area (Å²) < 4.78 is 7.21. The molecule has 0 radical (unpaired) electrons. The third kappa shape index (κ3) is 2.01. The molecule has 0 spiro atoms. The van der Waals surface area contributed by atoms with Crippen molar-refractivity contribution in [3.63, 3.8) is 0 Å². The lowest BCUT2D eigenvalue weighted by atomic mass is 9.94. The molecule has 21 heavy (non-hydrogen) atoms. The van der Waals surface area contributed by atoms with Crippen molar-refractivity contribution in [2.24, 2.45) is 10.7 Å². The van der Waals surface area contributed by atoms with Gasteiger partial charge in [0.15, 0.2) is 6.23 Å². The van der Waals surface area contributed by atoms with E-state index in [1.807, 2.05) is 0 Å². The Hall–Kier alpha value is -1.68. The maximum atomic E-state index is 10.6. The highest BCUT2D eigenvalue weighted by Gasteiger charge is 2.55. The van der Waals surface area contributed by atoms with E-state index < -0.39 is 30.1 Å². The fourth-order valence-electron chi connectivity index (χ4n) is 2.74. The molecule has 0 aromatic carbocycles. The van der Waals surface area contributed by atoms with Crippen molar-refractivity contribution in [1.82, 2.24) is 9.55 Å². The van der Waals surface area contributed by atoms with Crippen LogP contribution in [0.4, 0.5) is 5.82 Å². The topological polar surface area (TPSA) is 138 Å². The zero-order valence-corrected chi connectivity index (χ0v) is 11.8. The number of imidazole rings is 1. The summed E-state index contributed by atoms with van der Waals surface area (Å²) in [5.74, 6) is 0.860. The van der Waals surface area contributed by atoms with Crippen molar-refractivity contribution in [3.05, 3.63) is 12.0 Å². The summed E-state index contributed by atoms with van der Waals surface area (Å²) in [6, 6.07) is 0. The minimum Gasteiger partial charge on any atom is -0.391 e. The maximum absolute atomic E-state index is 10.6. The van der Waals surface area contributed by atoms with Crippen LogP contribution in [0, 0.1) is 0 Å². The summed E-state index contributed by atoms with van der Waals surface area (Å²) in [6.07, 6.45) is -2.48. The molecule has 0 aliphatic carbocycles. The molecule has 5 unspecified atom stereocenters. The first-order chi connectivity index (χ1) is 9.84. The van der Waals surface area contributed by atoms with E-state index in [1.54, 1.807) is 4.57 Å². The first kappa shape index (κ1) is 14.3. The van der Waals surface area contributed by atoms with Crippen LogP contribution in [0.15, 0.2) is 11.3 Å². The van der Waals surface area contributed by atoms with Gasteiger partial charge in [-0.1, -0.05) is 0 Å². The number of hydrogen-bond donors (Lipinski definition) is 5. The molecule has 6 N–H and O–H groups in total. The monoisotopic (exact) mass is 297 g/mol. The average molecular weight is 297 g/mol. The number of nitrogens with one attached hydrogen (secondary N) is 1. The predicted octanol–water partition coefficient (Wildman–Crippen LogP) is -1.64. The number of nitrogens with two attached hydrogens (primary N) is 1. The molecule has 1 aromatic heterocycles. The van der Waals surface area contributed by atoms with Crippen molar-refractivity contribution in [3.8, 4) is 0 Å². The lowest BCUT2D eigenvalue weighted by Crippen LogP contribution is -2.45. The molecule has 2 aliphatic heterocycles. The summed E-state index contributed by atoms with van der Waals surface area (Å²) in [6.45, 7) is 3.25. The van der Waals surface area contributed by atoms with Crippen molar-refractivity contribution >= 4 is 11.7 Å². The standard InChI is InChI=1S/C12H19N5O4/c1-5(18)7-8(19)12(2,20)11(21-7)17-4-16-6-9(13)14-3-15-10(6)17/h4-5,7-8,11,15,18-20H,3H2,1-2H3,(H2,13,14). The lowest BCUT2D eigenvalue weighted by molar-refractivity contribution is -0.0995. The van der Waals surface area contributed by atoms with Crippen LogP contribution in [0.1, 0.15) is 25.8 Å². The second kappa shape index (κ2) is 4.67. The number of aliphatic imine (C=N–C) groups is 1. The molecule has 0 amide bonds. The van der Waals surface area contributed by atoms with Crippen LogP contribution in [0.2, 0.25) is 0 Å². The molecular formula is C12H19N5O4. The van der Waals surface area contributed by atoms with Gasteiger partial charge in [-0.15, -0.1) is 0 Å². The van der Waals surface area contributed by atoms with Crippen molar-refractivity contribution in [2.75, 3.05) is 12.0 Å². The van der Waals surface area contributed by atoms with Crippen LogP contribution in [0.5, 0.6) is 0 Å². The fourth-order valence-corrected chi connectivity index (χ4v) is 2.74. The Labute approximate surface area is 121 Å². The van der Waals surface area contributed by atoms with Gasteiger partial charge in [0, 0.05) is 0 Å². The average Bonchev–Trinajstić information content (AvgIpc) is 2.92. The van der Waals surface area contributed by atoms with E-state index in [0.29, 0.717) is 24.0 Å². The summed E-state index contributed by atoms with van der Waals surface area (Å²) in [5.41, 5.74) is 4.66. The molecular weight excluding hydrogens is 278 g/mol. The summed E-state index contributed by atoms with van der Waals surface area (Å²) >= 11 is 0. The molecule has 1 aromatic rings. The molecule has 5 atom stereocenters. The van der Waals surface area contributed by atoms with Crippen LogP contribution >= 0.6 is 0 Å². The zero-order chi connectivity index (χ0) is 15.4. The number of ether oxygens (including phenoxy) is 1. The van der Waals surface area contributed by atoms with Crippen molar-refractivity contribution in [2.45, 2.75) is 44.0 Å². The molecule has 1 saturated heterocycles. The van der Waals surface area contributed by atoms with Gasteiger partial charge in [-0.3, -0.25) is 4.57 Å². The molecule has 9 heteroatoms. The van der Waals surface area contributed by atoms with E-state index in [1.165, 1.54) is 20.2 Å². The number of aromatic nitrogens is 2. The predicted molar refractivity (Wildman–Crippen MR) is 73.7 cm³/mol. The highest BCUT2D eigenvalue weighted by atomic mass is 16.6. The first-order valence-corrected chi connectivity index (χ1v) is 6.69. The number of rotatable bonds is 2. The Morgan fingerprint density at radius 3 is 2.95 bits per heavy atom. The van der Waals surface area contributed by atoms with Crippen LogP contribution in [0.25, 0.3) is 0 Å². The van der Waals surface area contributed by atoms with Crippen LogP contribution < -0.4 is 11.1 Å². The summed E-state index contributed by atoms with van der Waals surface area (Å²) in [4.78, 5) is 8.17. The van der Waals surface area contributed by atoms with Crippen LogP contribution in [0.3, 0.4) is 0 Å². The molecule has 0 saturated carbocycles. The Balaban J connectivity index is 2.00. The first-order valence-electron chi connectivity index (χ1n) is 6.69. The van der Waals surface area contributed by atoms with Crippen LogP contribution in [-0.2, 0) is 4.74 Å². The second-order valence-corrected chi connectivity index (χ2v) is 5.59. The quantitative estimate of drug-likeness (QED) is 0.441. The van der Waals surface area contributed by atoms with Gasteiger partial charge in [0.25, 0.3) is 0 Å².